The number of aryl methyl sites for hydroxylation is 1. The third-order valence-electron chi connectivity index (χ3n) is 3.64. The Hall–Kier alpha value is -2.20. The molecule has 4 rings (SSSR count). The van der Waals surface area contributed by atoms with Gasteiger partial charge in [-0.2, -0.15) is 0 Å². The van der Waals surface area contributed by atoms with E-state index in [1.807, 2.05) is 24.4 Å². The SMILES string of the molecule is Cc1cc(Br)cc2[nH]c(-c3cccc4ncccc34)nc12. The molecule has 0 aliphatic rings. The van der Waals surface area contributed by atoms with E-state index < -0.39 is 0 Å². The molecule has 2 heterocycles. The summed E-state index contributed by atoms with van der Waals surface area (Å²) in [4.78, 5) is 12.6. The smallest absolute Gasteiger partial charge is 0.139 e. The number of halogens is 1. The van der Waals surface area contributed by atoms with Crippen molar-refractivity contribution in [3.63, 3.8) is 0 Å². The van der Waals surface area contributed by atoms with Crippen LogP contribution in [-0.4, -0.2) is 15.0 Å². The van der Waals surface area contributed by atoms with Crippen molar-refractivity contribution in [3.8, 4) is 11.4 Å². The standard InChI is InChI=1S/C17H12BrN3/c1-10-8-11(18)9-15-16(10)21-17(20-15)13-4-2-6-14-12(13)5-3-7-19-14/h2-9H,1H3,(H,20,21). The summed E-state index contributed by atoms with van der Waals surface area (Å²) in [6.45, 7) is 2.07. The number of fused-ring (bicyclic) bond motifs is 2. The van der Waals surface area contributed by atoms with Gasteiger partial charge in [-0.1, -0.05) is 34.1 Å². The Labute approximate surface area is 130 Å². The molecule has 0 saturated carbocycles. The lowest BCUT2D eigenvalue weighted by atomic mass is 10.1. The second-order valence-corrected chi connectivity index (χ2v) is 6.00. The van der Waals surface area contributed by atoms with Gasteiger partial charge in [0.25, 0.3) is 0 Å². The molecule has 3 nitrogen and oxygen atoms in total. The number of rotatable bonds is 1. The fraction of sp³-hybridized carbons (Fsp3) is 0.0588. The third-order valence-corrected chi connectivity index (χ3v) is 4.10. The number of aromatic nitrogens is 3. The molecule has 0 unspecified atom stereocenters. The summed E-state index contributed by atoms with van der Waals surface area (Å²) in [5.74, 6) is 0.879. The van der Waals surface area contributed by atoms with Crippen molar-refractivity contribution in [1.82, 2.24) is 15.0 Å². The molecule has 4 aromatic rings. The van der Waals surface area contributed by atoms with Gasteiger partial charge < -0.3 is 4.98 Å². The Morgan fingerprint density at radius 3 is 2.90 bits per heavy atom. The van der Waals surface area contributed by atoms with Crippen LogP contribution in [0.1, 0.15) is 5.56 Å². The average molecular weight is 338 g/mol. The second-order valence-electron chi connectivity index (χ2n) is 5.08. The molecule has 0 spiro atoms. The van der Waals surface area contributed by atoms with Crippen molar-refractivity contribution >= 4 is 37.9 Å². The minimum Gasteiger partial charge on any atom is -0.338 e. The molecule has 21 heavy (non-hydrogen) atoms. The predicted octanol–water partition coefficient (Wildman–Crippen LogP) is 4.85. The van der Waals surface area contributed by atoms with Gasteiger partial charge in [0.05, 0.1) is 16.6 Å². The summed E-state index contributed by atoms with van der Waals surface area (Å²) in [6, 6.07) is 14.3. The molecular weight excluding hydrogens is 326 g/mol. The van der Waals surface area contributed by atoms with Crippen LogP contribution in [0.4, 0.5) is 0 Å². The number of nitrogens with one attached hydrogen (secondary N) is 1. The highest BCUT2D eigenvalue weighted by molar-refractivity contribution is 9.10. The molecule has 0 radical (unpaired) electrons. The van der Waals surface area contributed by atoms with Gasteiger partial charge in [0.15, 0.2) is 0 Å². The van der Waals surface area contributed by atoms with Gasteiger partial charge >= 0.3 is 0 Å². The molecule has 0 atom stereocenters. The van der Waals surface area contributed by atoms with Crippen molar-refractivity contribution < 1.29 is 0 Å². The Balaban J connectivity index is 2.03. The maximum Gasteiger partial charge on any atom is 0.139 e. The summed E-state index contributed by atoms with van der Waals surface area (Å²) >= 11 is 3.53. The number of imidazole rings is 1. The molecular formula is C17H12BrN3. The normalized spacial score (nSPS) is 11.3. The minimum absolute atomic E-state index is 0.879. The lowest BCUT2D eigenvalue weighted by Gasteiger charge is -2.02. The van der Waals surface area contributed by atoms with Gasteiger partial charge in [-0.15, -0.1) is 0 Å². The van der Waals surface area contributed by atoms with E-state index in [1.54, 1.807) is 0 Å². The molecule has 1 N–H and O–H groups in total. The van der Waals surface area contributed by atoms with Gasteiger partial charge in [0.1, 0.15) is 5.82 Å². The minimum atomic E-state index is 0.879. The van der Waals surface area contributed by atoms with Gasteiger partial charge in [-0.25, -0.2) is 4.98 Å². The highest BCUT2D eigenvalue weighted by atomic mass is 79.9. The Morgan fingerprint density at radius 2 is 2.00 bits per heavy atom. The van der Waals surface area contributed by atoms with Crippen LogP contribution in [-0.2, 0) is 0 Å². The van der Waals surface area contributed by atoms with Crippen molar-refractivity contribution in [2.45, 2.75) is 6.92 Å². The zero-order valence-electron chi connectivity index (χ0n) is 11.4. The van der Waals surface area contributed by atoms with E-state index in [4.69, 9.17) is 4.98 Å². The number of hydrogen-bond acceptors (Lipinski definition) is 2. The molecule has 0 saturated heterocycles. The Morgan fingerprint density at radius 1 is 1.10 bits per heavy atom. The first-order valence-corrected chi connectivity index (χ1v) is 7.52. The van der Waals surface area contributed by atoms with Crippen LogP contribution in [0.3, 0.4) is 0 Å². The second kappa shape index (κ2) is 4.67. The van der Waals surface area contributed by atoms with E-state index in [-0.39, 0.29) is 0 Å². The topological polar surface area (TPSA) is 41.6 Å². The van der Waals surface area contributed by atoms with Crippen molar-refractivity contribution in [1.29, 1.82) is 0 Å². The summed E-state index contributed by atoms with van der Waals surface area (Å²) in [5.41, 5.74) is 5.26. The first-order chi connectivity index (χ1) is 10.2. The van der Waals surface area contributed by atoms with Crippen LogP contribution in [0, 0.1) is 6.92 Å². The van der Waals surface area contributed by atoms with Crippen molar-refractivity contribution in [3.05, 3.63) is 58.7 Å². The quantitative estimate of drug-likeness (QED) is 0.539. The van der Waals surface area contributed by atoms with Crippen LogP contribution >= 0.6 is 15.9 Å². The maximum atomic E-state index is 4.77. The Bertz CT molecular complexity index is 967. The first kappa shape index (κ1) is 12.5. The maximum absolute atomic E-state index is 4.77. The zero-order chi connectivity index (χ0) is 14.4. The number of aromatic amines is 1. The average Bonchev–Trinajstić information content (AvgIpc) is 2.90. The summed E-state index contributed by atoms with van der Waals surface area (Å²) in [7, 11) is 0. The molecule has 0 fully saturated rings. The van der Waals surface area contributed by atoms with Crippen molar-refractivity contribution in [2.24, 2.45) is 0 Å². The molecule has 0 aliphatic carbocycles. The number of nitrogens with zero attached hydrogens (tertiary/aromatic N) is 2. The number of benzene rings is 2. The summed E-state index contributed by atoms with van der Waals surface area (Å²) < 4.78 is 1.06. The highest BCUT2D eigenvalue weighted by Crippen LogP contribution is 2.29. The van der Waals surface area contributed by atoms with E-state index in [9.17, 15) is 0 Å². The third kappa shape index (κ3) is 2.03. The molecule has 102 valence electrons. The van der Waals surface area contributed by atoms with E-state index >= 15 is 0 Å². The van der Waals surface area contributed by atoms with Crippen LogP contribution < -0.4 is 0 Å². The van der Waals surface area contributed by atoms with Crippen LogP contribution in [0.15, 0.2) is 53.1 Å². The summed E-state index contributed by atoms with van der Waals surface area (Å²) in [6.07, 6.45) is 1.81. The lowest BCUT2D eigenvalue weighted by Crippen LogP contribution is -1.85. The van der Waals surface area contributed by atoms with E-state index in [2.05, 4.69) is 57.1 Å². The van der Waals surface area contributed by atoms with Crippen LogP contribution in [0.2, 0.25) is 0 Å². The predicted molar refractivity (Wildman–Crippen MR) is 89.3 cm³/mol. The van der Waals surface area contributed by atoms with E-state index in [1.165, 1.54) is 0 Å². The number of pyridine rings is 1. The highest BCUT2D eigenvalue weighted by Gasteiger charge is 2.10. The Kier molecular flexibility index (Phi) is 2.79. The zero-order valence-corrected chi connectivity index (χ0v) is 13.0. The van der Waals surface area contributed by atoms with Gasteiger partial charge in [0.2, 0.25) is 0 Å². The molecule has 2 aromatic carbocycles. The van der Waals surface area contributed by atoms with Crippen LogP contribution in [0.25, 0.3) is 33.3 Å². The lowest BCUT2D eigenvalue weighted by molar-refractivity contribution is 1.33. The molecule has 0 bridgehead atoms. The number of H-pyrrole nitrogens is 1. The van der Waals surface area contributed by atoms with Crippen molar-refractivity contribution in [2.75, 3.05) is 0 Å². The molecule has 4 heteroatoms. The van der Waals surface area contributed by atoms with Gasteiger partial charge in [-0.05, 0) is 36.8 Å². The number of hydrogen-bond donors (Lipinski definition) is 1. The summed E-state index contributed by atoms with van der Waals surface area (Å²) in [5, 5.41) is 1.11. The molecule has 0 amide bonds. The molecule has 2 aromatic heterocycles. The first-order valence-electron chi connectivity index (χ1n) is 6.72. The fourth-order valence-electron chi connectivity index (χ4n) is 2.68. The largest absolute Gasteiger partial charge is 0.338 e. The molecule has 0 aliphatic heterocycles. The van der Waals surface area contributed by atoms with Gasteiger partial charge in [-0.3, -0.25) is 4.98 Å². The fourth-order valence-corrected chi connectivity index (χ4v) is 3.26. The van der Waals surface area contributed by atoms with E-state index in [0.29, 0.717) is 0 Å². The van der Waals surface area contributed by atoms with Crippen LogP contribution in [0.5, 0.6) is 0 Å². The van der Waals surface area contributed by atoms with E-state index in [0.717, 1.165) is 43.4 Å². The monoisotopic (exact) mass is 337 g/mol. The van der Waals surface area contributed by atoms with Gasteiger partial charge in [0, 0.05) is 21.6 Å².